The molecule has 0 atom stereocenters. The largest absolute Gasteiger partial charge is 0.383 e. The van der Waals surface area contributed by atoms with Crippen LogP contribution in [0.4, 0.5) is 5.69 Å². The molecule has 1 rings (SSSR count). The first-order chi connectivity index (χ1) is 8.24. The van der Waals surface area contributed by atoms with Gasteiger partial charge < -0.3 is 10.1 Å². The van der Waals surface area contributed by atoms with E-state index in [0.29, 0.717) is 6.61 Å². The Hall–Kier alpha value is -1.35. The highest BCUT2D eigenvalue weighted by atomic mass is 16.5. The van der Waals surface area contributed by atoms with E-state index < -0.39 is 0 Å². The minimum absolute atomic E-state index is 0.0967. The molecule has 0 radical (unpaired) electrons. The van der Waals surface area contributed by atoms with Crippen molar-refractivity contribution in [1.29, 1.82) is 0 Å². The van der Waals surface area contributed by atoms with E-state index >= 15 is 0 Å². The fourth-order valence-corrected chi connectivity index (χ4v) is 1.44. The maximum absolute atomic E-state index is 11.1. The Balaban J connectivity index is 2.21. The molecule has 0 spiro atoms. The summed E-state index contributed by atoms with van der Waals surface area (Å²) in [6, 6.07) is 7.51. The first-order valence-corrected chi connectivity index (χ1v) is 6.16. The summed E-state index contributed by atoms with van der Waals surface area (Å²) in [4.78, 5) is 11.1. The molecular weight excluding hydrogens is 214 g/mol. The fraction of sp³-hybridized carbons (Fsp3) is 0.500. The van der Waals surface area contributed by atoms with Gasteiger partial charge in [0.15, 0.2) is 5.78 Å². The molecule has 1 N–H and O–H groups in total. The molecule has 3 nitrogen and oxygen atoms in total. The molecule has 0 aliphatic heterocycles. The van der Waals surface area contributed by atoms with Gasteiger partial charge in [0.05, 0.1) is 6.61 Å². The van der Waals surface area contributed by atoms with Gasteiger partial charge in [-0.15, -0.1) is 0 Å². The van der Waals surface area contributed by atoms with E-state index in [1.54, 1.807) is 6.92 Å². The van der Waals surface area contributed by atoms with Gasteiger partial charge in [0.25, 0.3) is 0 Å². The number of carbonyl (C=O) groups excluding carboxylic acids is 1. The average molecular weight is 235 g/mol. The van der Waals surface area contributed by atoms with Gasteiger partial charge in [-0.3, -0.25) is 4.79 Å². The number of ether oxygens (including phenoxy) is 1. The van der Waals surface area contributed by atoms with Crippen LogP contribution in [-0.4, -0.2) is 25.5 Å². The van der Waals surface area contributed by atoms with E-state index in [0.717, 1.165) is 30.8 Å². The fourth-order valence-electron chi connectivity index (χ4n) is 1.44. The number of unbranched alkanes of at least 4 members (excludes halogenated alkanes) is 1. The summed E-state index contributed by atoms with van der Waals surface area (Å²) in [7, 11) is 0. The zero-order valence-electron chi connectivity index (χ0n) is 10.7. The highest BCUT2D eigenvalue weighted by molar-refractivity contribution is 5.94. The van der Waals surface area contributed by atoms with Crippen molar-refractivity contribution < 1.29 is 9.53 Å². The van der Waals surface area contributed by atoms with E-state index in [2.05, 4.69) is 12.2 Å². The highest BCUT2D eigenvalue weighted by Crippen LogP contribution is 2.09. The molecule has 0 aromatic heterocycles. The second-order valence-corrected chi connectivity index (χ2v) is 4.03. The monoisotopic (exact) mass is 235 g/mol. The Morgan fingerprint density at radius 2 is 1.94 bits per heavy atom. The van der Waals surface area contributed by atoms with Crippen LogP contribution < -0.4 is 5.32 Å². The smallest absolute Gasteiger partial charge is 0.159 e. The van der Waals surface area contributed by atoms with E-state index in [1.807, 2.05) is 24.3 Å². The number of ketones is 1. The summed E-state index contributed by atoms with van der Waals surface area (Å²) < 4.78 is 5.44. The summed E-state index contributed by atoms with van der Waals surface area (Å²) in [5.41, 5.74) is 1.77. The second kappa shape index (κ2) is 7.85. The predicted molar refractivity (Wildman–Crippen MR) is 70.7 cm³/mol. The molecule has 0 saturated heterocycles. The lowest BCUT2D eigenvalue weighted by Gasteiger charge is -2.07. The number of Topliss-reactive ketones (excluding diaryl/α,β-unsaturated/α-hetero) is 1. The molecule has 0 heterocycles. The number of anilines is 1. The van der Waals surface area contributed by atoms with Crippen LogP contribution >= 0.6 is 0 Å². The summed E-state index contributed by atoms with van der Waals surface area (Å²) in [5, 5.41) is 3.25. The van der Waals surface area contributed by atoms with Gasteiger partial charge in [-0.05, 0) is 37.6 Å². The Morgan fingerprint density at radius 3 is 2.53 bits per heavy atom. The van der Waals surface area contributed by atoms with Gasteiger partial charge in [0, 0.05) is 24.4 Å². The van der Waals surface area contributed by atoms with Crippen molar-refractivity contribution in [3.8, 4) is 0 Å². The Kier molecular flexibility index (Phi) is 6.33. The molecule has 0 fully saturated rings. The predicted octanol–water partition coefficient (Wildman–Crippen LogP) is 3.12. The molecule has 0 amide bonds. The molecule has 0 bridgehead atoms. The van der Waals surface area contributed by atoms with Crippen molar-refractivity contribution in [1.82, 2.24) is 0 Å². The normalized spacial score (nSPS) is 10.2. The molecule has 1 aromatic rings. The van der Waals surface area contributed by atoms with Crippen LogP contribution in [0.25, 0.3) is 0 Å². The zero-order chi connectivity index (χ0) is 12.5. The van der Waals surface area contributed by atoms with E-state index in [9.17, 15) is 4.79 Å². The minimum Gasteiger partial charge on any atom is -0.383 e. The van der Waals surface area contributed by atoms with E-state index in [1.165, 1.54) is 6.42 Å². The van der Waals surface area contributed by atoms with Crippen LogP contribution in [0.15, 0.2) is 24.3 Å². The highest BCUT2D eigenvalue weighted by Gasteiger charge is 1.98. The Bertz CT molecular complexity index is 333. The average Bonchev–Trinajstić information content (AvgIpc) is 2.34. The summed E-state index contributed by atoms with van der Waals surface area (Å²) in [6.07, 6.45) is 2.28. The van der Waals surface area contributed by atoms with Crippen LogP contribution in [0, 0.1) is 0 Å². The Labute approximate surface area is 103 Å². The van der Waals surface area contributed by atoms with Gasteiger partial charge in [-0.25, -0.2) is 0 Å². The Morgan fingerprint density at radius 1 is 1.24 bits per heavy atom. The van der Waals surface area contributed by atoms with E-state index in [-0.39, 0.29) is 5.78 Å². The summed E-state index contributed by atoms with van der Waals surface area (Å²) in [5.74, 6) is 0.0967. The maximum Gasteiger partial charge on any atom is 0.159 e. The van der Waals surface area contributed by atoms with Gasteiger partial charge in [-0.2, -0.15) is 0 Å². The van der Waals surface area contributed by atoms with Crippen molar-refractivity contribution >= 4 is 11.5 Å². The topological polar surface area (TPSA) is 38.3 Å². The van der Waals surface area contributed by atoms with Crippen LogP contribution in [-0.2, 0) is 4.74 Å². The minimum atomic E-state index is 0.0967. The zero-order valence-corrected chi connectivity index (χ0v) is 10.7. The third-order valence-electron chi connectivity index (χ3n) is 2.51. The van der Waals surface area contributed by atoms with Gasteiger partial charge >= 0.3 is 0 Å². The SMILES string of the molecule is CCCCOCCNc1ccc(C(C)=O)cc1. The molecule has 0 aliphatic carbocycles. The molecule has 3 heteroatoms. The molecule has 94 valence electrons. The lowest BCUT2D eigenvalue weighted by Crippen LogP contribution is -2.10. The third-order valence-corrected chi connectivity index (χ3v) is 2.51. The maximum atomic E-state index is 11.1. The molecule has 0 saturated carbocycles. The summed E-state index contributed by atoms with van der Waals surface area (Å²) >= 11 is 0. The standard InChI is InChI=1S/C14H21NO2/c1-3-4-10-17-11-9-15-14-7-5-13(6-8-14)12(2)16/h5-8,15H,3-4,9-11H2,1-2H3. The number of hydrogen-bond acceptors (Lipinski definition) is 3. The van der Waals surface area contributed by atoms with Gasteiger partial charge in [0.1, 0.15) is 0 Å². The molecule has 0 aliphatic rings. The third kappa shape index (κ3) is 5.50. The lowest BCUT2D eigenvalue weighted by molar-refractivity contribution is 0.101. The van der Waals surface area contributed by atoms with Crippen LogP contribution in [0.3, 0.4) is 0 Å². The van der Waals surface area contributed by atoms with Crippen molar-refractivity contribution in [2.24, 2.45) is 0 Å². The van der Waals surface area contributed by atoms with Gasteiger partial charge in [0.2, 0.25) is 0 Å². The quantitative estimate of drug-likeness (QED) is 0.555. The van der Waals surface area contributed by atoms with Crippen LogP contribution in [0.2, 0.25) is 0 Å². The van der Waals surface area contributed by atoms with E-state index in [4.69, 9.17) is 4.74 Å². The first kappa shape index (κ1) is 13.7. The lowest BCUT2D eigenvalue weighted by atomic mass is 10.1. The first-order valence-electron chi connectivity index (χ1n) is 6.16. The number of nitrogens with one attached hydrogen (secondary N) is 1. The summed E-state index contributed by atoms with van der Waals surface area (Å²) in [6.45, 7) is 6.07. The van der Waals surface area contributed by atoms with Crippen molar-refractivity contribution in [2.45, 2.75) is 26.7 Å². The van der Waals surface area contributed by atoms with Crippen molar-refractivity contribution in [2.75, 3.05) is 25.1 Å². The second-order valence-electron chi connectivity index (χ2n) is 4.03. The number of benzene rings is 1. The van der Waals surface area contributed by atoms with Gasteiger partial charge in [-0.1, -0.05) is 13.3 Å². The van der Waals surface area contributed by atoms with Crippen molar-refractivity contribution in [3.63, 3.8) is 0 Å². The molecule has 17 heavy (non-hydrogen) atoms. The molecular formula is C14H21NO2. The molecule has 0 unspecified atom stereocenters. The van der Waals surface area contributed by atoms with Crippen LogP contribution in [0.5, 0.6) is 0 Å². The van der Waals surface area contributed by atoms with Crippen LogP contribution in [0.1, 0.15) is 37.0 Å². The number of rotatable bonds is 8. The number of carbonyl (C=O) groups is 1. The number of hydrogen-bond donors (Lipinski definition) is 1. The van der Waals surface area contributed by atoms with Crippen molar-refractivity contribution in [3.05, 3.63) is 29.8 Å². The molecule has 1 aromatic carbocycles.